The zero-order chi connectivity index (χ0) is 12.4. The number of hydrogen-bond acceptors (Lipinski definition) is 3. The van der Waals surface area contributed by atoms with Gasteiger partial charge in [0.15, 0.2) is 0 Å². The Hall–Kier alpha value is -2.19. The molecule has 0 aliphatic heterocycles. The van der Waals surface area contributed by atoms with E-state index in [1.165, 1.54) is 18.5 Å². The molecule has 84 valence electrons. The van der Waals surface area contributed by atoms with Gasteiger partial charge in [0.1, 0.15) is 17.4 Å². The lowest BCUT2D eigenvalue weighted by molar-refractivity contribution is 0.628. The van der Waals surface area contributed by atoms with E-state index in [-0.39, 0.29) is 16.3 Å². The highest BCUT2D eigenvalue weighted by molar-refractivity contribution is 6.31. The molecule has 0 saturated carbocycles. The average molecular weight is 250 g/mol. The molecular weight excluding hydrogens is 245 g/mol. The van der Waals surface area contributed by atoms with Crippen LogP contribution in [0.3, 0.4) is 0 Å². The Morgan fingerprint density at radius 2 is 2.24 bits per heavy atom. The molecule has 2 aromatic rings. The van der Waals surface area contributed by atoms with Gasteiger partial charge in [-0.25, -0.2) is 9.37 Å². The molecule has 0 amide bonds. The molecule has 0 fully saturated rings. The summed E-state index contributed by atoms with van der Waals surface area (Å²) in [6.45, 7) is 0. The van der Waals surface area contributed by atoms with Gasteiger partial charge in [0.25, 0.3) is 5.56 Å². The van der Waals surface area contributed by atoms with Crippen molar-refractivity contribution in [1.29, 1.82) is 5.26 Å². The van der Waals surface area contributed by atoms with Crippen molar-refractivity contribution in [1.82, 2.24) is 9.97 Å². The van der Waals surface area contributed by atoms with E-state index in [1.807, 2.05) is 0 Å². The summed E-state index contributed by atoms with van der Waals surface area (Å²) in [5.41, 5.74) is -0.0784. The Bertz CT molecular complexity index is 675. The van der Waals surface area contributed by atoms with Crippen LogP contribution in [0.1, 0.15) is 5.56 Å². The van der Waals surface area contributed by atoms with Crippen LogP contribution in [0.2, 0.25) is 5.02 Å². The Balaban J connectivity index is 2.69. The van der Waals surface area contributed by atoms with Crippen LogP contribution in [0.15, 0.2) is 29.3 Å². The number of nitriles is 1. The van der Waals surface area contributed by atoms with Gasteiger partial charge in [-0.2, -0.15) is 5.26 Å². The molecule has 1 heterocycles. The first-order valence-corrected chi connectivity index (χ1v) is 4.94. The van der Waals surface area contributed by atoms with E-state index in [0.717, 1.165) is 6.07 Å². The molecule has 17 heavy (non-hydrogen) atoms. The summed E-state index contributed by atoms with van der Waals surface area (Å²) >= 11 is 5.63. The molecule has 0 saturated heterocycles. The lowest BCUT2D eigenvalue weighted by Crippen LogP contribution is -2.12. The Labute approximate surface area is 100 Å². The van der Waals surface area contributed by atoms with Crippen LogP contribution in [0.4, 0.5) is 4.39 Å². The summed E-state index contributed by atoms with van der Waals surface area (Å²) in [6, 6.07) is 5.63. The third-order valence-electron chi connectivity index (χ3n) is 2.16. The van der Waals surface area contributed by atoms with Gasteiger partial charge >= 0.3 is 0 Å². The van der Waals surface area contributed by atoms with Crippen LogP contribution in [0, 0.1) is 17.1 Å². The summed E-state index contributed by atoms with van der Waals surface area (Å²) in [5, 5.41) is 8.78. The minimum atomic E-state index is -0.571. The number of aromatic amines is 1. The normalized spacial score (nSPS) is 9.94. The van der Waals surface area contributed by atoms with E-state index >= 15 is 0 Å². The van der Waals surface area contributed by atoms with Gasteiger partial charge in [0.05, 0.1) is 17.0 Å². The fourth-order valence-corrected chi connectivity index (χ4v) is 1.55. The predicted octanol–water partition coefficient (Wildman–Crippen LogP) is 2.10. The van der Waals surface area contributed by atoms with Gasteiger partial charge in [0, 0.05) is 5.56 Å². The minimum absolute atomic E-state index is 0.0894. The molecular formula is C11H5ClFN3O. The van der Waals surface area contributed by atoms with Gasteiger partial charge in [-0.1, -0.05) is 11.6 Å². The van der Waals surface area contributed by atoms with E-state index in [1.54, 1.807) is 6.07 Å². The van der Waals surface area contributed by atoms with Crippen molar-refractivity contribution in [2.45, 2.75) is 0 Å². The van der Waals surface area contributed by atoms with Crippen LogP contribution in [0.25, 0.3) is 11.3 Å². The fourth-order valence-electron chi connectivity index (χ4n) is 1.37. The van der Waals surface area contributed by atoms with E-state index in [9.17, 15) is 9.18 Å². The van der Waals surface area contributed by atoms with Crippen LogP contribution in [-0.4, -0.2) is 9.97 Å². The lowest BCUT2D eigenvalue weighted by Gasteiger charge is -2.03. The highest BCUT2D eigenvalue weighted by atomic mass is 35.5. The summed E-state index contributed by atoms with van der Waals surface area (Å²) < 4.78 is 13.0. The van der Waals surface area contributed by atoms with E-state index in [2.05, 4.69) is 9.97 Å². The number of halogens is 2. The first-order chi connectivity index (χ1) is 8.13. The molecule has 0 radical (unpaired) electrons. The van der Waals surface area contributed by atoms with Gasteiger partial charge in [-0.3, -0.25) is 4.79 Å². The summed E-state index contributed by atoms with van der Waals surface area (Å²) in [4.78, 5) is 17.6. The quantitative estimate of drug-likeness (QED) is 0.841. The van der Waals surface area contributed by atoms with E-state index in [4.69, 9.17) is 16.9 Å². The maximum Gasteiger partial charge on any atom is 0.269 e. The van der Waals surface area contributed by atoms with Crippen molar-refractivity contribution in [3.05, 3.63) is 51.3 Å². The third kappa shape index (κ3) is 2.03. The number of hydrogen-bond donors (Lipinski definition) is 1. The summed E-state index contributed by atoms with van der Waals surface area (Å²) in [7, 11) is 0. The zero-order valence-corrected chi connectivity index (χ0v) is 9.12. The van der Waals surface area contributed by atoms with Gasteiger partial charge in [0.2, 0.25) is 0 Å². The second-order valence-corrected chi connectivity index (χ2v) is 3.60. The summed E-state index contributed by atoms with van der Waals surface area (Å²) in [5.74, 6) is -0.571. The number of rotatable bonds is 1. The largest absolute Gasteiger partial charge is 0.312 e. The number of nitrogens with one attached hydrogen (secondary N) is 1. The molecule has 4 nitrogen and oxygen atoms in total. The average Bonchev–Trinajstić information content (AvgIpc) is 2.32. The number of nitrogens with zero attached hydrogens (tertiary/aromatic N) is 2. The Kier molecular flexibility index (Phi) is 2.90. The molecule has 0 atom stereocenters. The molecule has 1 aromatic heterocycles. The van der Waals surface area contributed by atoms with Crippen LogP contribution in [-0.2, 0) is 0 Å². The fraction of sp³-hybridized carbons (Fsp3) is 0. The van der Waals surface area contributed by atoms with Crippen molar-refractivity contribution in [2.24, 2.45) is 0 Å². The maximum atomic E-state index is 13.0. The molecule has 2 rings (SSSR count). The van der Waals surface area contributed by atoms with Crippen LogP contribution >= 0.6 is 11.6 Å². The monoisotopic (exact) mass is 249 g/mol. The second-order valence-electron chi connectivity index (χ2n) is 3.20. The van der Waals surface area contributed by atoms with E-state index in [0.29, 0.717) is 5.56 Å². The van der Waals surface area contributed by atoms with Crippen molar-refractivity contribution in [3.8, 4) is 17.3 Å². The van der Waals surface area contributed by atoms with Gasteiger partial charge in [-0.05, 0) is 18.2 Å². The second kappa shape index (κ2) is 4.36. The first kappa shape index (κ1) is 11.3. The highest BCUT2D eigenvalue weighted by Crippen LogP contribution is 2.24. The molecule has 0 bridgehead atoms. The topological polar surface area (TPSA) is 69.5 Å². The first-order valence-electron chi connectivity index (χ1n) is 4.56. The standard InChI is InChI=1S/C11H5ClFN3O/c12-8-3-6(1-2-9(8)13)10-7(4-14)11(17)16-5-15-10/h1-3,5H,(H,15,16,17). The van der Waals surface area contributed by atoms with Crippen molar-refractivity contribution in [2.75, 3.05) is 0 Å². The predicted molar refractivity (Wildman–Crippen MR) is 60.0 cm³/mol. The number of H-pyrrole nitrogens is 1. The van der Waals surface area contributed by atoms with Crippen molar-refractivity contribution >= 4 is 11.6 Å². The van der Waals surface area contributed by atoms with Crippen molar-refractivity contribution < 1.29 is 4.39 Å². The molecule has 0 spiro atoms. The molecule has 1 N–H and O–H groups in total. The lowest BCUT2D eigenvalue weighted by atomic mass is 10.1. The molecule has 0 unspecified atom stereocenters. The Morgan fingerprint density at radius 1 is 1.47 bits per heavy atom. The molecule has 0 aliphatic carbocycles. The van der Waals surface area contributed by atoms with Gasteiger partial charge < -0.3 is 4.98 Å². The minimum Gasteiger partial charge on any atom is -0.312 e. The van der Waals surface area contributed by atoms with Gasteiger partial charge in [-0.15, -0.1) is 0 Å². The zero-order valence-electron chi connectivity index (χ0n) is 8.37. The van der Waals surface area contributed by atoms with Crippen LogP contribution in [0.5, 0.6) is 0 Å². The smallest absolute Gasteiger partial charge is 0.269 e. The molecule has 6 heteroatoms. The van der Waals surface area contributed by atoms with E-state index < -0.39 is 11.4 Å². The number of aromatic nitrogens is 2. The number of benzene rings is 1. The van der Waals surface area contributed by atoms with Crippen LogP contribution < -0.4 is 5.56 Å². The highest BCUT2D eigenvalue weighted by Gasteiger charge is 2.11. The van der Waals surface area contributed by atoms with Crippen molar-refractivity contribution in [3.63, 3.8) is 0 Å². The summed E-state index contributed by atoms with van der Waals surface area (Å²) in [6.07, 6.45) is 1.18. The molecule has 1 aromatic carbocycles. The maximum absolute atomic E-state index is 13.0. The molecule has 0 aliphatic rings. The SMILES string of the molecule is N#Cc1c(-c2ccc(F)c(Cl)c2)nc[nH]c1=O. The Morgan fingerprint density at radius 3 is 2.88 bits per heavy atom. The third-order valence-corrected chi connectivity index (χ3v) is 2.45.